The van der Waals surface area contributed by atoms with Crippen molar-refractivity contribution in [2.75, 3.05) is 25.2 Å². The van der Waals surface area contributed by atoms with Gasteiger partial charge in [-0.3, -0.25) is 9.59 Å². The molecule has 0 spiro atoms. The van der Waals surface area contributed by atoms with Crippen LogP contribution in [0.5, 0.6) is 5.75 Å². The van der Waals surface area contributed by atoms with E-state index in [4.69, 9.17) is 14.4 Å². The average molecular weight is 365 g/mol. The fourth-order valence-corrected chi connectivity index (χ4v) is 2.51. The number of aryl methyl sites for hydroxylation is 1. The zero-order chi connectivity index (χ0) is 18.1. The van der Waals surface area contributed by atoms with Crippen molar-refractivity contribution in [1.82, 2.24) is 15.5 Å². The zero-order valence-electron chi connectivity index (χ0n) is 13.7. The van der Waals surface area contributed by atoms with Crippen LogP contribution in [0.4, 0.5) is 0 Å². The molecule has 0 saturated carbocycles. The highest BCUT2D eigenvalue weighted by Crippen LogP contribution is 2.19. The maximum Gasteiger partial charge on any atom is 0.313 e. The van der Waals surface area contributed by atoms with Gasteiger partial charge in [-0.1, -0.05) is 5.16 Å². The molecule has 0 fully saturated rings. The van der Waals surface area contributed by atoms with Crippen LogP contribution in [0.1, 0.15) is 12.3 Å². The number of aromatic nitrogens is 2. The largest absolute Gasteiger partial charge is 0.497 e. The van der Waals surface area contributed by atoms with Crippen LogP contribution in [-0.2, 0) is 16.0 Å². The van der Waals surface area contributed by atoms with Gasteiger partial charge in [0.05, 0.1) is 12.9 Å². The number of carbonyl (C=O) groups excluding carboxylic acids is 1. The first-order chi connectivity index (χ1) is 12.1. The lowest BCUT2D eigenvalue weighted by molar-refractivity contribution is -0.133. The molecule has 0 atom stereocenters. The van der Waals surface area contributed by atoms with Crippen LogP contribution in [0.3, 0.4) is 0 Å². The Balaban J connectivity index is 1.73. The minimum Gasteiger partial charge on any atom is -0.497 e. The minimum absolute atomic E-state index is 0.0337. The summed E-state index contributed by atoms with van der Waals surface area (Å²) in [7, 11) is 1.59. The molecule has 0 aliphatic rings. The van der Waals surface area contributed by atoms with Gasteiger partial charge >= 0.3 is 5.97 Å². The van der Waals surface area contributed by atoms with E-state index in [0.717, 1.165) is 11.3 Å². The third-order valence-corrected chi connectivity index (χ3v) is 4.12. The molecule has 25 heavy (non-hydrogen) atoms. The summed E-state index contributed by atoms with van der Waals surface area (Å²) in [6.45, 7) is 0.428. The van der Waals surface area contributed by atoms with Crippen molar-refractivity contribution >= 4 is 23.6 Å². The van der Waals surface area contributed by atoms with Crippen molar-refractivity contribution in [3.63, 3.8) is 0 Å². The molecule has 0 aliphatic carbocycles. The van der Waals surface area contributed by atoms with E-state index in [9.17, 15) is 9.59 Å². The maximum atomic E-state index is 11.7. The number of rotatable bonds is 10. The number of carbonyl (C=O) groups is 2. The monoisotopic (exact) mass is 365 g/mol. The summed E-state index contributed by atoms with van der Waals surface area (Å²) < 4.78 is 10.2. The normalized spacial score (nSPS) is 10.4. The molecule has 1 heterocycles. The maximum absolute atomic E-state index is 11.7. The lowest BCUT2D eigenvalue weighted by Gasteiger charge is -2.02. The van der Waals surface area contributed by atoms with E-state index < -0.39 is 5.97 Å². The molecule has 1 aromatic carbocycles. The molecule has 134 valence electrons. The SMILES string of the molecule is COc1ccc(-c2noc(CCC(=O)NCCSCC(=O)O)n2)cc1. The molecule has 1 amide bonds. The van der Waals surface area contributed by atoms with Crippen LogP contribution in [0.25, 0.3) is 11.4 Å². The molecule has 9 heteroatoms. The van der Waals surface area contributed by atoms with E-state index in [1.54, 1.807) is 19.2 Å². The van der Waals surface area contributed by atoms with Crippen molar-refractivity contribution in [2.24, 2.45) is 0 Å². The van der Waals surface area contributed by atoms with Gasteiger partial charge in [-0.15, -0.1) is 11.8 Å². The quantitative estimate of drug-likeness (QED) is 0.610. The number of carboxylic acids is 1. The molecule has 0 saturated heterocycles. The van der Waals surface area contributed by atoms with Gasteiger partial charge in [0.15, 0.2) is 0 Å². The number of benzene rings is 1. The third-order valence-electron chi connectivity index (χ3n) is 3.18. The second-order valence-corrected chi connectivity index (χ2v) is 6.14. The van der Waals surface area contributed by atoms with Crippen molar-refractivity contribution in [2.45, 2.75) is 12.8 Å². The van der Waals surface area contributed by atoms with Crippen molar-refractivity contribution in [1.29, 1.82) is 0 Å². The highest BCUT2D eigenvalue weighted by atomic mass is 32.2. The van der Waals surface area contributed by atoms with Crippen LogP contribution in [0.15, 0.2) is 28.8 Å². The van der Waals surface area contributed by atoms with E-state index in [0.29, 0.717) is 30.4 Å². The van der Waals surface area contributed by atoms with Crippen molar-refractivity contribution in [3.05, 3.63) is 30.2 Å². The van der Waals surface area contributed by atoms with E-state index in [1.807, 2.05) is 12.1 Å². The van der Waals surface area contributed by atoms with Gasteiger partial charge in [-0.25, -0.2) is 0 Å². The Morgan fingerprint density at radius 3 is 2.76 bits per heavy atom. The topological polar surface area (TPSA) is 115 Å². The molecule has 2 aromatic rings. The number of hydrogen-bond donors (Lipinski definition) is 2. The predicted molar refractivity (Wildman–Crippen MR) is 92.6 cm³/mol. The Bertz CT molecular complexity index is 702. The number of hydrogen-bond acceptors (Lipinski definition) is 7. The van der Waals surface area contributed by atoms with Gasteiger partial charge in [0.25, 0.3) is 0 Å². The summed E-state index contributed by atoms with van der Waals surface area (Å²) in [5.74, 6) is 1.18. The van der Waals surface area contributed by atoms with Crippen LogP contribution in [0, 0.1) is 0 Å². The smallest absolute Gasteiger partial charge is 0.313 e. The van der Waals surface area contributed by atoms with E-state index in [-0.39, 0.29) is 18.1 Å². The highest BCUT2D eigenvalue weighted by molar-refractivity contribution is 7.99. The standard InChI is InChI=1S/C16H19N3O5S/c1-23-12-4-2-11(3-5-12)16-18-14(24-19-16)7-6-13(20)17-8-9-25-10-15(21)22/h2-5H,6-10H2,1H3,(H,17,20)(H,21,22). The first-order valence-electron chi connectivity index (χ1n) is 7.61. The molecule has 0 radical (unpaired) electrons. The second-order valence-electron chi connectivity index (χ2n) is 5.04. The Morgan fingerprint density at radius 2 is 2.08 bits per heavy atom. The minimum atomic E-state index is -0.861. The fraction of sp³-hybridized carbons (Fsp3) is 0.375. The summed E-state index contributed by atoms with van der Waals surface area (Å²) in [5, 5.41) is 15.1. The van der Waals surface area contributed by atoms with E-state index >= 15 is 0 Å². The first-order valence-corrected chi connectivity index (χ1v) is 8.77. The number of amides is 1. The van der Waals surface area contributed by atoms with Crippen LogP contribution < -0.4 is 10.1 Å². The number of methoxy groups -OCH3 is 1. The van der Waals surface area contributed by atoms with Crippen LogP contribution in [-0.4, -0.2) is 52.3 Å². The van der Waals surface area contributed by atoms with Crippen molar-refractivity contribution < 1.29 is 24.0 Å². The second kappa shape index (κ2) is 9.67. The summed E-state index contributed by atoms with van der Waals surface area (Å²) in [6, 6.07) is 7.27. The molecular weight excluding hydrogens is 346 g/mol. The number of carboxylic acid groups (broad SMARTS) is 1. The Labute approximate surface area is 148 Å². The summed E-state index contributed by atoms with van der Waals surface area (Å²) in [5.41, 5.74) is 0.802. The number of nitrogens with one attached hydrogen (secondary N) is 1. The van der Waals surface area contributed by atoms with Gasteiger partial charge in [-0.2, -0.15) is 4.98 Å². The van der Waals surface area contributed by atoms with E-state index in [2.05, 4.69) is 15.5 Å². The Hall–Kier alpha value is -2.55. The Morgan fingerprint density at radius 1 is 1.32 bits per heavy atom. The van der Waals surface area contributed by atoms with Crippen molar-refractivity contribution in [3.8, 4) is 17.1 Å². The summed E-state index contributed by atoms with van der Waals surface area (Å²) >= 11 is 1.26. The molecule has 0 unspecified atom stereocenters. The number of aliphatic carboxylic acids is 1. The molecule has 8 nitrogen and oxygen atoms in total. The van der Waals surface area contributed by atoms with Gasteiger partial charge < -0.3 is 19.7 Å². The number of ether oxygens (including phenoxy) is 1. The molecule has 0 aliphatic heterocycles. The van der Waals surface area contributed by atoms with Crippen LogP contribution in [0.2, 0.25) is 0 Å². The lowest BCUT2D eigenvalue weighted by Crippen LogP contribution is -2.26. The Kier molecular flexibility index (Phi) is 7.27. The number of nitrogens with zero attached hydrogens (tertiary/aromatic N) is 2. The number of thioether (sulfide) groups is 1. The summed E-state index contributed by atoms with van der Waals surface area (Å²) in [4.78, 5) is 26.3. The third kappa shape index (κ3) is 6.46. The zero-order valence-corrected chi connectivity index (χ0v) is 14.5. The molecule has 1 aromatic heterocycles. The first kappa shape index (κ1) is 18.8. The fourth-order valence-electron chi connectivity index (χ4n) is 1.94. The summed E-state index contributed by atoms with van der Waals surface area (Å²) in [6.07, 6.45) is 0.575. The highest BCUT2D eigenvalue weighted by Gasteiger charge is 2.10. The van der Waals surface area contributed by atoms with Gasteiger partial charge in [0.1, 0.15) is 5.75 Å². The lowest BCUT2D eigenvalue weighted by atomic mass is 10.2. The molecule has 2 N–H and O–H groups in total. The predicted octanol–water partition coefficient (Wildman–Crippen LogP) is 1.61. The van der Waals surface area contributed by atoms with Gasteiger partial charge in [0.2, 0.25) is 17.6 Å². The molecular formula is C16H19N3O5S. The van der Waals surface area contributed by atoms with Gasteiger partial charge in [-0.05, 0) is 24.3 Å². The average Bonchev–Trinajstić information content (AvgIpc) is 3.08. The molecule has 2 rings (SSSR count). The van der Waals surface area contributed by atoms with Gasteiger partial charge in [0, 0.05) is 30.7 Å². The van der Waals surface area contributed by atoms with E-state index in [1.165, 1.54) is 11.8 Å². The molecule has 0 bridgehead atoms. The van der Waals surface area contributed by atoms with Crippen LogP contribution >= 0.6 is 11.8 Å².